The van der Waals surface area contributed by atoms with Crippen LogP contribution >= 0.6 is 15.9 Å². The molecular formula is C19H16BrF2N5O. The Labute approximate surface area is 168 Å². The van der Waals surface area contributed by atoms with Gasteiger partial charge in [-0.25, -0.2) is 0 Å². The number of fused-ring (bicyclic) bond motifs is 1. The highest BCUT2D eigenvalue weighted by Gasteiger charge is 2.27. The van der Waals surface area contributed by atoms with Crippen molar-refractivity contribution in [2.24, 2.45) is 0 Å². The standard InChI is InChI=1S/C19H16BrF2N5O/c1-2-11-3-5-12(6-4-11)15-10-16(27-19(23-15)24-25-26-27)14-9-13(20)7-8-17(14)28-18(21)22/h3-10,16,18H,2H2,1H3,(H,23,24,26)/t16-/m0/s1. The average molecular weight is 448 g/mol. The van der Waals surface area contributed by atoms with E-state index in [0.29, 0.717) is 11.5 Å². The molecule has 0 bridgehead atoms. The Morgan fingerprint density at radius 3 is 2.71 bits per heavy atom. The van der Waals surface area contributed by atoms with E-state index in [1.807, 2.05) is 18.2 Å². The second-order valence-electron chi connectivity index (χ2n) is 6.21. The first-order valence-corrected chi connectivity index (χ1v) is 9.44. The molecule has 2 aromatic carbocycles. The second-order valence-corrected chi connectivity index (χ2v) is 7.12. The summed E-state index contributed by atoms with van der Waals surface area (Å²) >= 11 is 3.40. The minimum absolute atomic E-state index is 0.0727. The zero-order valence-corrected chi connectivity index (χ0v) is 16.4. The van der Waals surface area contributed by atoms with Crippen molar-refractivity contribution in [2.75, 3.05) is 5.32 Å². The van der Waals surface area contributed by atoms with Crippen LogP contribution in [-0.4, -0.2) is 26.8 Å². The Hall–Kier alpha value is -2.81. The fourth-order valence-corrected chi connectivity index (χ4v) is 3.50. The molecule has 144 valence electrons. The molecule has 2 heterocycles. The molecule has 1 aliphatic rings. The molecule has 0 aliphatic carbocycles. The van der Waals surface area contributed by atoms with Gasteiger partial charge >= 0.3 is 6.61 Å². The number of benzene rings is 2. The van der Waals surface area contributed by atoms with Crippen LogP contribution in [0.15, 0.2) is 53.0 Å². The van der Waals surface area contributed by atoms with Crippen LogP contribution in [-0.2, 0) is 6.42 Å². The highest BCUT2D eigenvalue weighted by molar-refractivity contribution is 9.10. The quantitative estimate of drug-likeness (QED) is 0.616. The number of tetrazole rings is 1. The van der Waals surface area contributed by atoms with Crippen LogP contribution in [0.5, 0.6) is 5.75 Å². The molecule has 0 radical (unpaired) electrons. The van der Waals surface area contributed by atoms with Gasteiger partial charge in [-0.05, 0) is 52.2 Å². The predicted molar refractivity (Wildman–Crippen MR) is 104 cm³/mol. The summed E-state index contributed by atoms with van der Waals surface area (Å²) in [7, 11) is 0. The van der Waals surface area contributed by atoms with E-state index in [-0.39, 0.29) is 5.75 Å². The third kappa shape index (κ3) is 3.62. The molecule has 1 aromatic heterocycles. The fraction of sp³-hybridized carbons (Fsp3) is 0.211. The first-order chi connectivity index (χ1) is 13.5. The summed E-state index contributed by atoms with van der Waals surface area (Å²) in [6, 6.07) is 12.5. The van der Waals surface area contributed by atoms with E-state index in [1.165, 1.54) is 16.3 Å². The molecular weight excluding hydrogens is 432 g/mol. The number of ether oxygens (including phenoxy) is 1. The summed E-state index contributed by atoms with van der Waals surface area (Å²) in [5.41, 5.74) is 3.48. The van der Waals surface area contributed by atoms with E-state index in [9.17, 15) is 8.78 Å². The van der Waals surface area contributed by atoms with Gasteiger partial charge in [0.25, 0.3) is 0 Å². The topological polar surface area (TPSA) is 64.9 Å². The molecule has 6 nitrogen and oxygen atoms in total. The molecule has 0 unspecified atom stereocenters. The van der Waals surface area contributed by atoms with Crippen molar-refractivity contribution in [3.8, 4) is 5.75 Å². The lowest BCUT2D eigenvalue weighted by molar-refractivity contribution is -0.0506. The van der Waals surface area contributed by atoms with Crippen LogP contribution in [0.25, 0.3) is 5.70 Å². The van der Waals surface area contributed by atoms with Crippen LogP contribution in [0.1, 0.15) is 29.7 Å². The molecule has 1 N–H and O–H groups in total. The number of hydrogen-bond donors (Lipinski definition) is 1. The number of halogens is 3. The number of aromatic nitrogens is 4. The molecule has 1 aliphatic heterocycles. The molecule has 0 fully saturated rings. The van der Waals surface area contributed by atoms with Gasteiger partial charge in [0, 0.05) is 15.7 Å². The molecule has 0 saturated carbocycles. The van der Waals surface area contributed by atoms with Crippen molar-refractivity contribution in [1.82, 2.24) is 20.2 Å². The van der Waals surface area contributed by atoms with Crippen LogP contribution in [0.4, 0.5) is 14.7 Å². The van der Waals surface area contributed by atoms with Gasteiger partial charge in [-0.2, -0.15) is 13.5 Å². The van der Waals surface area contributed by atoms with Crippen LogP contribution in [0.3, 0.4) is 0 Å². The Bertz CT molecular complexity index is 1020. The van der Waals surface area contributed by atoms with E-state index in [1.54, 1.807) is 12.1 Å². The van der Waals surface area contributed by atoms with Gasteiger partial charge in [-0.15, -0.1) is 0 Å². The van der Waals surface area contributed by atoms with Crippen LogP contribution in [0, 0.1) is 0 Å². The first-order valence-electron chi connectivity index (χ1n) is 8.65. The number of nitrogens with zero attached hydrogens (tertiary/aromatic N) is 4. The lowest BCUT2D eigenvalue weighted by atomic mass is 10.00. The van der Waals surface area contributed by atoms with Gasteiger partial charge in [0.05, 0.1) is 0 Å². The van der Waals surface area contributed by atoms with E-state index < -0.39 is 12.7 Å². The van der Waals surface area contributed by atoms with Crippen molar-refractivity contribution in [3.63, 3.8) is 0 Å². The summed E-state index contributed by atoms with van der Waals surface area (Å²) < 4.78 is 32.8. The second kappa shape index (κ2) is 7.67. The zero-order valence-electron chi connectivity index (χ0n) is 14.8. The van der Waals surface area contributed by atoms with Crippen molar-refractivity contribution >= 4 is 27.6 Å². The molecule has 9 heteroatoms. The van der Waals surface area contributed by atoms with Crippen LogP contribution in [0.2, 0.25) is 0 Å². The lowest BCUT2D eigenvalue weighted by Crippen LogP contribution is -2.21. The van der Waals surface area contributed by atoms with Gasteiger partial charge in [-0.1, -0.05) is 52.2 Å². The number of aryl methyl sites for hydroxylation is 1. The van der Waals surface area contributed by atoms with Crippen LogP contribution < -0.4 is 10.1 Å². The van der Waals surface area contributed by atoms with Crippen molar-refractivity contribution in [3.05, 3.63) is 69.7 Å². The van der Waals surface area contributed by atoms with Crippen molar-refractivity contribution in [2.45, 2.75) is 26.0 Å². The fourth-order valence-electron chi connectivity index (χ4n) is 3.12. The summed E-state index contributed by atoms with van der Waals surface area (Å²) in [6.07, 6.45) is 2.84. The Morgan fingerprint density at radius 1 is 1.21 bits per heavy atom. The molecule has 0 amide bonds. The summed E-state index contributed by atoms with van der Waals surface area (Å²) in [4.78, 5) is 0. The largest absolute Gasteiger partial charge is 0.434 e. The highest BCUT2D eigenvalue weighted by atomic mass is 79.9. The number of anilines is 1. The molecule has 1 atom stereocenters. The maximum atomic E-state index is 12.9. The highest BCUT2D eigenvalue weighted by Crippen LogP contribution is 2.37. The monoisotopic (exact) mass is 447 g/mol. The maximum Gasteiger partial charge on any atom is 0.387 e. The van der Waals surface area contributed by atoms with Crippen molar-refractivity contribution < 1.29 is 13.5 Å². The molecule has 0 spiro atoms. The van der Waals surface area contributed by atoms with Crippen molar-refractivity contribution in [1.29, 1.82) is 0 Å². The Balaban J connectivity index is 1.81. The Morgan fingerprint density at radius 2 is 2.00 bits per heavy atom. The number of hydrogen-bond acceptors (Lipinski definition) is 5. The smallest absolute Gasteiger partial charge is 0.387 e. The summed E-state index contributed by atoms with van der Waals surface area (Å²) in [5.74, 6) is 0.494. The minimum Gasteiger partial charge on any atom is -0.434 e. The van der Waals surface area contributed by atoms with Gasteiger partial charge in [-0.3, -0.25) is 0 Å². The normalized spacial score (nSPS) is 15.8. The maximum absolute atomic E-state index is 12.9. The number of rotatable bonds is 5. The average Bonchev–Trinajstić information content (AvgIpc) is 3.17. The zero-order chi connectivity index (χ0) is 19.7. The lowest BCUT2D eigenvalue weighted by Gasteiger charge is -2.25. The summed E-state index contributed by atoms with van der Waals surface area (Å²) in [5, 5.41) is 14.9. The molecule has 4 rings (SSSR count). The van der Waals surface area contributed by atoms with Gasteiger partial charge in [0.2, 0.25) is 5.95 Å². The van der Waals surface area contributed by atoms with E-state index in [4.69, 9.17) is 4.74 Å². The number of nitrogens with one attached hydrogen (secondary N) is 1. The molecule has 28 heavy (non-hydrogen) atoms. The van der Waals surface area contributed by atoms with E-state index in [2.05, 4.69) is 55.8 Å². The molecule has 3 aromatic rings. The third-order valence-electron chi connectivity index (χ3n) is 4.51. The summed E-state index contributed by atoms with van der Waals surface area (Å²) in [6.45, 7) is -0.838. The number of alkyl halides is 2. The van der Waals surface area contributed by atoms with Gasteiger partial charge < -0.3 is 10.1 Å². The molecule has 0 saturated heterocycles. The van der Waals surface area contributed by atoms with Gasteiger partial charge in [0.15, 0.2) is 0 Å². The van der Waals surface area contributed by atoms with E-state index in [0.717, 1.165) is 22.2 Å². The minimum atomic E-state index is -2.93. The predicted octanol–water partition coefficient (Wildman–Crippen LogP) is 4.66. The SMILES string of the molecule is CCc1ccc(C2=C[C@@H](c3cc(Br)ccc3OC(F)F)n3nnnc3N2)cc1. The van der Waals surface area contributed by atoms with Gasteiger partial charge in [0.1, 0.15) is 11.8 Å². The number of allylic oxidation sites excluding steroid dienone is 1. The Kier molecular flexibility index (Phi) is 5.08. The third-order valence-corrected chi connectivity index (χ3v) is 5.00. The van der Waals surface area contributed by atoms with E-state index >= 15 is 0 Å². The first kappa shape index (κ1) is 18.5.